The second kappa shape index (κ2) is 7.98. The van der Waals surface area contributed by atoms with Crippen LogP contribution in [0.2, 0.25) is 0 Å². The van der Waals surface area contributed by atoms with Crippen molar-refractivity contribution in [1.29, 1.82) is 0 Å². The maximum Gasteiger partial charge on any atom is 0.455 e. The van der Waals surface area contributed by atoms with E-state index < -0.39 is 41.6 Å². The van der Waals surface area contributed by atoms with Gasteiger partial charge in [-0.3, -0.25) is 9.59 Å². The molecular weight excluding hydrogens is 319 g/mol. The highest BCUT2D eigenvalue weighted by atomic mass is 19.4. The van der Waals surface area contributed by atoms with E-state index in [1.54, 1.807) is 0 Å². The van der Waals surface area contributed by atoms with Crippen LogP contribution in [0.4, 0.5) is 13.2 Å². The number of ether oxygens (including phenoxy) is 2. The lowest BCUT2D eigenvalue weighted by molar-refractivity contribution is -0.168. The van der Waals surface area contributed by atoms with Crippen LogP contribution in [0, 0.1) is 0 Å². The third-order valence-corrected chi connectivity index (χ3v) is 2.85. The van der Waals surface area contributed by atoms with Crippen molar-refractivity contribution in [2.75, 3.05) is 13.2 Å². The minimum absolute atomic E-state index is 0.0253. The second-order valence-electron chi connectivity index (χ2n) is 4.80. The number of esters is 2. The van der Waals surface area contributed by atoms with Crippen LogP contribution in [0.15, 0.2) is 11.3 Å². The van der Waals surface area contributed by atoms with Crippen LogP contribution >= 0.6 is 0 Å². The van der Waals surface area contributed by atoms with Crippen LogP contribution < -0.4 is 5.32 Å². The van der Waals surface area contributed by atoms with Gasteiger partial charge in [-0.15, -0.1) is 0 Å². The van der Waals surface area contributed by atoms with E-state index in [9.17, 15) is 27.6 Å². The third-order valence-electron chi connectivity index (χ3n) is 2.85. The highest BCUT2D eigenvalue weighted by Gasteiger charge is 2.45. The fourth-order valence-corrected chi connectivity index (χ4v) is 1.74. The van der Waals surface area contributed by atoms with Gasteiger partial charge >= 0.3 is 18.1 Å². The average molecular weight is 337 g/mol. The molecule has 6 nitrogen and oxygen atoms in total. The number of carbonyl (C=O) groups excluding carboxylic acids is 3. The lowest BCUT2D eigenvalue weighted by Gasteiger charge is -2.16. The highest BCUT2D eigenvalue weighted by molar-refractivity contribution is 6.20. The first-order valence-corrected chi connectivity index (χ1v) is 7.14. The minimum atomic E-state index is -5.26. The lowest BCUT2D eigenvalue weighted by Crippen LogP contribution is -2.34. The first kappa shape index (κ1) is 19.0. The van der Waals surface area contributed by atoms with Crippen molar-refractivity contribution in [2.45, 2.75) is 45.3 Å². The Bertz CT molecular complexity index is 509. The molecule has 0 spiro atoms. The summed E-state index contributed by atoms with van der Waals surface area (Å²) in [4.78, 5) is 35.0. The molecule has 0 radical (unpaired) electrons. The van der Waals surface area contributed by atoms with Crippen molar-refractivity contribution in [3.8, 4) is 0 Å². The lowest BCUT2D eigenvalue weighted by atomic mass is 10.1. The number of carbonyl (C=O) groups is 3. The Morgan fingerprint density at radius 1 is 1.09 bits per heavy atom. The average Bonchev–Trinajstić information content (AvgIpc) is 3.22. The minimum Gasteiger partial charge on any atom is -0.466 e. The molecule has 0 aliphatic heterocycles. The molecule has 0 amide bonds. The number of hydrogen-bond donors (Lipinski definition) is 1. The molecule has 0 aromatic rings. The summed E-state index contributed by atoms with van der Waals surface area (Å²) in [6, 6.07) is -0.176. The quantitative estimate of drug-likeness (QED) is 0.314. The maximum absolute atomic E-state index is 12.8. The summed E-state index contributed by atoms with van der Waals surface area (Å²) in [5.74, 6) is -4.60. The van der Waals surface area contributed by atoms with E-state index in [4.69, 9.17) is 0 Å². The molecule has 1 saturated carbocycles. The molecule has 0 unspecified atom stereocenters. The predicted octanol–water partition coefficient (Wildman–Crippen LogP) is 1.64. The van der Waals surface area contributed by atoms with Crippen molar-refractivity contribution in [3.63, 3.8) is 0 Å². The molecule has 0 aromatic carbocycles. The summed E-state index contributed by atoms with van der Waals surface area (Å²) >= 11 is 0. The van der Waals surface area contributed by atoms with E-state index in [-0.39, 0.29) is 19.3 Å². The van der Waals surface area contributed by atoms with Crippen LogP contribution in [-0.4, -0.2) is 43.2 Å². The molecule has 9 heteroatoms. The van der Waals surface area contributed by atoms with Gasteiger partial charge in [0.1, 0.15) is 5.57 Å². The first-order chi connectivity index (χ1) is 10.7. The van der Waals surface area contributed by atoms with Gasteiger partial charge in [0, 0.05) is 11.7 Å². The Morgan fingerprint density at radius 2 is 1.65 bits per heavy atom. The highest BCUT2D eigenvalue weighted by Crippen LogP contribution is 2.27. The molecule has 1 N–H and O–H groups in total. The number of nitrogens with one attached hydrogen (secondary N) is 1. The van der Waals surface area contributed by atoms with Crippen LogP contribution in [0.25, 0.3) is 0 Å². The zero-order valence-electron chi connectivity index (χ0n) is 12.8. The molecule has 1 aliphatic carbocycles. The van der Waals surface area contributed by atoms with Crippen LogP contribution in [0.3, 0.4) is 0 Å². The third kappa shape index (κ3) is 5.91. The van der Waals surface area contributed by atoms with E-state index in [1.165, 1.54) is 13.8 Å². The van der Waals surface area contributed by atoms with Crippen molar-refractivity contribution in [3.05, 3.63) is 11.3 Å². The number of ketones is 1. The summed E-state index contributed by atoms with van der Waals surface area (Å²) < 4.78 is 47.5. The Kier molecular flexibility index (Phi) is 6.59. The topological polar surface area (TPSA) is 81.7 Å². The zero-order chi connectivity index (χ0) is 17.6. The van der Waals surface area contributed by atoms with Gasteiger partial charge in [-0.2, -0.15) is 13.2 Å². The fraction of sp³-hybridized carbons (Fsp3) is 0.643. The monoisotopic (exact) mass is 337 g/mol. The van der Waals surface area contributed by atoms with E-state index in [0.717, 1.165) is 0 Å². The molecule has 0 atom stereocenters. The largest absolute Gasteiger partial charge is 0.466 e. The number of hydrogen-bond acceptors (Lipinski definition) is 6. The van der Waals surface area contributed by atoms with Crippen molar-refractivity contribution < 1.29 is 37.0 Å². The molecule has 0 heterocycles. The maximum atomic E-state index is 12.8. The summed E-state index contributed by atoms with van der Waals surface area (Å²) in [5.41, 5.74) is -1.61. The van der Waals surface area contributed by atoms with Gasteiger partial charge in [0.05, 0.1) is 19.6 Å². The molecular formula is C14H18F3NO5. The molecule has 1 rings (SSSR count). The molecule has 1 aliphatic rings. The van der Waals surface area contributed by atoms with Gasteiger partial charge in [0.15, 0.2) is 0 Å². The van der Waals surface area contributed by atoms with Gasteiger partial charge in [0.25, 0.3) is 5.78 Å². The van der Waals surface area contributed by atoms with E-state index in [1.807, 2.05) is 0 Å². The van der Waals surface area contributed by atoms with Crippen molar-refractivity contribution in [1.82, 2.24) is 5.32 Å². The number of alkyl halides is 3. The predicted molar refractivity (Wildman–Crippen MR) is 72.1 cm³/mol. The summed E-state index contributed by atoms with van der Waals surface area (Å²) in [7, 11) is 0. The van der Waals surface area contributed by atoms with E-state index in [0.29, 0.717) is 12.8 Å². The normalized spacial score (nSPS) is 15.5. The molecule has 130 valence electrons. The Morgan fingerprint density at radius 3 is 2.09 bits per heavy atom. The molecule has 0 bridgehead atoms. The summed E-state index contributed by atoms with van der Waals surface area (Å²) in [5, 5.41) is 2.63. The van der Waals surface area contributed by atoms with Crippen molar-refractivity contribution >= 4 is 17.7 Å². The summed E-state index contributed by atoms with van der Waals surface area (Å²) in [6.07, 6.45) is -4.56. The van der Waals surface area contributed by atoms with Crippen LogP contribution in [0.5, 0.6) is 0 Å². The second-order valence-corrected chi connectivity index (χ2v) is 4.80. The Balaban J connectivity index is 3.22. The number of halogens is 3. The summed E-state index contributed by atoms with van der Waals surface area (Å²) in [6.45, 7) is 2.75. The van der Waals surface area contributed by atoms with Crippen molar-refractivity contribution in [2.24, 2.45) is 0 Å². The fourth-order valence-electron chi connectivity index (χ4n) is 1.74. The van der Waals surface area contributed by atoms with Gasteiger partial charge in [-0.1, -0.05) is 0 Å². The number of Topliss-reactive ketones (excluding diaryl/α,β-unsaturated/α-hetero) is 1. The van der Waals surface area contributed by atoms with E-state index in [2.05, 4.69) is 14.8 Å². The molecule has 0 aromatic heterocycles. The van der Waals surface area contributed by atoms with Gasteiger partial charge in [-0.05, 0) is 26.7 Å². The Hall–Kier alpha value is -2.06. The number of rotatable bonds is 8. The zero-order valence-corrected chi connectivity index (χ0v) is 12.8. The van der Waals surface area contributed by atoms with Gasteiger partial charge < -0.3 is 14.8 Å². The molecule has 0 saturated heterocycles. The van der Waals surface area contributed by atoms with Crippen LogP contribution in [0.1, 0.15) is 33.1 Å². The first-order valence-electron chi connectivity index (χ1n) is 7.14. The Labute approximate surface area is 131 Å². The van der Waals surface area contributed by atoms with Gasteiger partial charge in [0.2, 0.25) is 0 Å². The molecule has 1 fully saturated rings. The van der Waals surface area contributed by atoms with E-state index >= 15 is 0 Å². The van der Waals surface area contributed by atoms with Gasteiger partial charge in [-0.25, -0.2) is 4.79 Å². The smallest absolute Gasteiger partial charge is 0.455 e. The SMILES string of the molecule is CCOC(=O)C/C(NC1CC1)=C(/C(=O)OCC)C(=O)C(F)(F)F. The standard InChI is InChI=1S/C14H18F3NO5/c1-3-22-10(19)7-9(18-8-5-6-8)11(13(21)23-4-2)12(20)14(15,16)17/h8,18H,3-7H2,1-2H3/b11-9-. The van der Waals surface area contributed by atoms with Crippen LogP contribution in [-0.2, 0) is 23.9 Å². The molecule has 23 heavy (non-hydrogen) atoms.